The molecule has 0 fully saturated rings. The smallest absolute Gasteiger partial charge is 0.260 e. The second kappa shape index (κ2) is 3.37. The highest BCUT2D eigenvalue weighted by Gasteiger charge is 2.10. The Morgan fingerprint density at radius 1 is 1.21 bits per heavy atom. The first-order valence-corrected chi connectivity index (χ1v) is 4.21. The van der Waals surface area contributed by atoms with Crippen LogP contribution in [0.3, 0.4) is 0 Å². The molecule has 1 aliphatic rings. The average Bonchev–Trinajstić information content (AvgIpc) is 2.21. The molecule has 0 radical (unpaired) electrons. The Kier molecular flexibility index (Phi) is 2.06. The van der Waals surface area contributed by atoms with Crippen LogP contribution in [-0.2, 0) is 4.79 Å². The van der Waals surface area contributed by atoms with Crippen LogP contribution in [0.2, 0.25) is 0 Å². The Morgan fingerprint density at radius 3 is 2.50 bits per heavy atom. The molecule has 5 heteroatoms. The van der Waals surface area contributed by atoms with Gasteiger partial charge in [0.2, 0.25) is 0 Å². The van der Waals surface area contributed by atoms with Crippen LogP contribution < -0.4 is 16.6 Å². The van der Waals surface area contributed by atoms with Crippen molar-refractivity contribution >= 4 is 17.4 Å². The number of hydrazine groups is 1. The SMILES string of the molecule is Nc1ccc(C2=NCC(=O)NN2)cc1. The third-order valence-corrected chi connectivity index (χ3v) is 1.89. The number of amidine groups is 1. The van der Waals surface area contributed by atoms with Crippen molar-refractivity contribution in [1.82, 2.24) is 10.9 Å². The summed E-state index contributed by atoms with van der Waals surface area (Å²) in [4.78, 5) is 14.9. The van der Waals surface area contributed by atoms with E-state index in [2.05, 4.69) is 15.8 Å². The fraction of sp³-hybridized carbons (Fsp3) is 0.111. The molecule has 5 nitrogen and oxygen atoms in total. The van der Waals surface area contributed by atoms with Gasteiger partial charge in [-0.25, -0.2) is 0 Å². The number of amides is 1. The van der Waals surface area contributed by atoms with Crippen molar-refractivity contribution in [2.75, 3.05) is 12.3 Å². The third kappa shape index (κ3) is 1.66. The van der Waals surface area contributed by atoms with Crippen molar-refractivity contribution in [3.05, 3.63) is 29.8 Å². The maximum atomic E-state index is 10.8. The van der Waals surface area contributed by atoms with Gasteiger partial charge in [0.1, 0.15) is 12.4 Å². The van der Waals surface area contributed by atoms with Crippen molar-refractivity contribution in [2.24, 2.45) is 4.99 Å². The lowest BCUT2D eigenvalue weighted by molar-refractivity contribution is -0.120. The van der Waals surface area contributed by atoms with Gasteiger partial charge in [0, 0.05) is 11.3 Å². The summed E-state index contributed by atoms with van der Waals surface area (Å²) in [5.74, 6) is 0.522. The minimum atomic E-state index is -0.135. The standard InChI is InChI=1S/C9H10N4O/c10-7-3-1-6(2-4-7)9-11-5-8(14)12-13-9/h1-4H,5,10H2,(H,11,13)(H,12,14). The number of nitrogens with one attached hydrogen (secondary N) is 2. The van der Waals surface area contributed by atoms with Crippen LogP contribution in [0.15, 0.2) is 29.3 Å². The molecule has 4 N–H and O–H groups in total. The second-order valence-electron chi connectivity index (χ2n) is 2.96. The third-order valence-electron chi connectivity index (χ3n) is 1.89. The summed E-state index contributed by atoms with van der Waals surface area (Å²) in [5, 5.41) is 0. The number of nitrogens with two attached hydrogens (primary N) is 1. The summed E-state index contributed by atoms with van der Waals surface area (Å²) in [5.41, 5.74) is 12.4. The van der Waals surface area contributed by atoms with E-state index in [0.29, 0.717) is 11.5 Å². The van der Waals surface area contributed by atoms with Gasteiger partial charge in [-0.15, -0.1) is 0 Å². The largest absolute Gasteiger partial charge is 0.399 e. The van der Waals surface area contributed by atoms with Gasteiger partial charge in [-0.3, -0.25) is 20.6 Å². The number of anilines is 1. The number of hydrogen-bond acceptors (Lipinski definition) is 4. The highest BCUT2D eigenvalue weighted by atomic mass is 16.2. The summed E-state index contributed by atoms with van der Waals surface area (Å²) in [6, 6.07) is 7.27. The number of carbonyl (C=O) groups is 1. The van der Waals surface area contributed by atoms with Crippen LogP contribution >= 0.6 is 0 Å². The molecule has 0 bridgehead atoms. The first kappa shape index (κ1) is 8.55. The number of nitrogen functional groups attached to an aromatic ring is 1. The zero-order valence-electron chi connectivity index (χ0n) is 7.45. The molecule has 1 aliphatic heterocycles. The summed E-state index contributed by atoms with van der Waals surface area (Å²) < 4.78 is 0. The quantitative estimate of drug-likeness (QED) is 0.529. The first-order valence-electron chi connectivity index (χ1n) is 4.21. The maximum absolute atomic E-state index is 10.8. The zero-order chi connectivity index (χ0) is 9.97. The highest BCUT2D eigenvalue weighted by Crippen LogP contribution is 2.06. The van der Waals surface area contributed by atoms with Crippen molar-refractivity contribution in [1.29, 1.82) is 0 Å². The molecule has 0 aliphatic carbocycles. The number of carbonyl (C=O) groups excluding carboxylic acids is 1. The molecule has 0 unspecified atom stereocenters. The Bertz CT molecular complexity index is 382. The number of benzene rings is 1. The molecule has 72 valence electrons. The lowest BCUT2D eigenvalue weighted by atomic mass is 10.2. The number of nitrogens with zero attached hydrogens (tertiary/aromatic N) is 1. The molecular formula is C9H10N4O. The van der Waals surface area contributed by atoms with E-state index in [1.807, 2.05) is 12.1 Å². The molecule has 1 aromatic rings. The molecule has 0 aromatic heterocycles. The van der Waals surface area contributed by atoms with Gasteiger partial charge in [-0.2, -0.15) is 0 Å². The second-order valence-corrected chi connectivity index (χ2v) is 2.96. The van der Waals surface area contributed by atoms with Crippen molar-refractivity contribution in [3.63, 3.8) is 0 Å². The molecule has 2 rings (SSSR count). The molecule has 1 heterocycles. The molecule has 1 amide bonds. The van der Waals surface area contributed by atoms with E-state index in [9.17, 15) is 4.79 Å². The molecule has 0 spiro atoms. The summed E-state index contributed by atoms with van der Waals surface area (Å²) >= 11 is 0. The Morgan fingerprint density at radius 2 is 1.93 bits per heavy atom. The normalized spacial score (nSPS) is 15.4. The minimum absolute atomic E-state index is 0.135. The van der Waals surface area contributed by atoms with Crippen LogP contribution in [-0.4, -0.2) is 18.3 Å². The van der Waals surface area contributed by atoms with E-state index < -0.39 is 0 Å². The summed E-state index contributed by atoms with van der Waals surface area (Å²) in [6.07, 6.45) is 0. The molecule has 0 saturated carbocycles. The number of hydrogen-bond donors (Lipinski definition) is 3. The van der Waals surface area contributed by atoms with E-state index >= 15 is 0 Å². The van der Waals surface area contributed by atoms with E-state index in [0.717, 1.165) is 5.56 Å². The van der Waals surface area contributed by atoms with Gasteiger partial charge < -0.3 is 5.73 Å². The van der Waals surface area contributed by atoms with Crippen LogP contribution in [0.4, 0.5) is 5.69 Å². The molecule has 0 saturated heterocycles. The first-order chi connectivity index (χ1) is 6.75. The summed E-state index contributed by atoms with van der Waals surface area (Å²) in [7, 11) is 0. The molecule has 0 atom stereocenters. The van der Waals surface area contributed by atoms with E-state index in [4.69, 9.17) is 5.73 Å². The molecular weight excluding hydrogens is 180 g/mol. The molecule has 1 aromatic carbocycles. The zero-order valence-corrected chi connectivity index (χ0v) is 7.45. The van der Waals surface area contributed by atoms with E-state index in [1.165, 1.54) is 0 Å². The highest BCUT2D eigenvalue weighted by molar-refractivity contribution is 6.02. The predicted octanol–water partition coefficient (Wildman–Crippen LogP) is -0.350. The molecule has 14 heavy (non-hydrogen) atoms. The van der Waals surface area contributed by atoms with Gasteiger partial charge in [-0.1, -0.05) is 0 Å². The van der Waals surface area contributed by atoms with E-state index in [1.54, 1.807) is 12.1 Å². The number of rotatable bonds is 1. The Labute approximate surface area is 81.0 Å². The maximum Gasteiger partial charge on any atom is 0.260 e. The lowest BCUT2D eigenvalue weighted by Crippen LogP contribution is -2.47. The van der Waals surface area contributed by atoms with Crippen molar-refractivity contribution in [2.45, 2.75) is 0 Å². The minimum Gasteiger partial charge on any atom is -0.399 e. The number of aliphatic imine (C=N–C) groups is 1. The lowest BCUT2D eigenvalue weighted by Gasteiger charge is -2.15. The monoisotopic (exact) mass is 190 g/mol. The van der Waals surface area contributed by atoms with Gasteiger partial charge in [0.15, 0.2) is 0 Å². The van der Waals surface area contributed by atoms with Gasteiger partial charge in [-0.05, 0) is 24.3 Å². The van der Waals surface area contributed by atoms with Crippen molar-refractivity contribution in [3.8, 4) is 0 Å². The van der Waals surface area contributed by atoms with Crippen LogP contribution in [0, 0.1) is 0 Å². The fourth-order valence-electron chi connectivity index (χ4n) is 1.16. The van der Waals surface area contributed by atoms with Gasteiger partial charge in [0.25, 0.3) is 5.91 Å². The average molecular weight is 190 g/mol. The van der Waals surface area contributed by atoms with Crippen LogP contribution in [0.1, 0.15) is 5.56 Å². The van der Waals surface area contributed by atoms with Crippen LogP contribution in [0.25, 0.3) is 0 Å². The van der Waals surface area contributed by atoms with Crippen molar-refractivity contribution < 1.29 is 4.79 Å². The van der Waals surface area contributed by atoms with Gasteiger partial charge >= 0.3 is 0 Å². The Balaban J connectivity index is 2.23. The predicted molar refractivity (Wildman–Crippen MR) is 53.5 cm³/mol. The van der Waals surface area contributed by atoms with Crippen LogP contribution in [0.5, 0.6) is 0 Å². The summed E-state index contributed by atoms with van der Waals surface area (Å²) in [6.45, 7) is 0.159. The Hall–Kier alpha value is -2.04. The van der Waals surface area contributed by atoms with Gasteiger partial charge in [0.05, 0.1) is 0 Å². The fourth-order valence-corrected chi connectivity index (χ4v) is 1.16. The van der Waals surface area contributed by atoms with E-state index in [-0.39, 0.29) is 12.5 Å². The topological polar surface area (TPSA) is 79.5 Å².